The maximum absolute atomic E-state index is 12.2. The molecule has 1 heterocycles. The highest BCUT2D eigenvalue weighted by atomic mass is 35.5. The number of carbonyl (C=O) groups excluding carboxylic acids is 1. The van der Waals surface area contributed by atoms with Crippen molar-refractivity contribution in [1.82, 2.24) is 4.98 Å². The highest BCUT2D eigenvalue weighted by Gasteiger charge is 2.33. The molecule has 1 aromatic heterocycles. The molecule has 0 unspecified atom stereocenters. The van der Waals surface area contributed by atoms with Gasteiger partial charge in [0.2, 0.25) is 0 Å². The predicted molar refractivity (Wildman–Crippen MR) is 84.0 cm³/mol. The molecule has 1 aromatic carbocycles. The van der Waals surface area contributed by atoms with Crippen molar-refractivity contribution in [2.24, 2.45) is 5.41 Å². The van der Waals surface area contributed by atoms with Crippen molar-refractivity contribution >= 4 is 40.3 Å². The fourth-order valence-corrected chi connectivity index (χ4v) is 3.79. The summed E-state index contributed by atoms with van der Waals surface area (Å²) >= 11 is 13.4. The zero-order valence-electron chi connectivity index (χ0n) is 11.2. The number of benzene rings is 1. The second-order valence-electron chi connectivity index (χ2n) is 5.86. The van der Waals surface area contributed by atoms with Gasteiger partial charge in [-0.2, -0.15) is 0 Å². The number of aromatic nitrogens is 1. The molecule has 0 amide bonds. The van der Waals surface area contributed by atoms with Crippen LogP contribution in [0.2, 0.25) is 10.0 Å². The first-order valence-corrected chi connectivity index (χ1v) is 7.91. The molecule has 5 heteroatoms. The lowest BCUT2D eigenvalue weighted by Gasteiger charge is -2.26. The highest BCUT2D eigenvalue weighted by molar-refractivity contribution is 7.17. The van der Waals surface area contributed by atoms with Gasteiger partial charge in [0, 0.05) is 12.0 Å². The van der Waals surface area contributed by atoms with Crippen molar-refractivity contribution in [1.29, 1.82) is 0 Å². The fraction of sp³-hybridized carbons (Fsp3) is 0.333. The van der Waals surface area contributed by atoms with Gasteiger partial charge in [-0.25, -0.2) is 4.98 Å². The number of Topliss-reactive ketones (excluding diaryl/α,β-unsaturated/α-hetero) is 1. The zero-order valence-corrected chi connectivity index (χ0v) is 13.5. The average molecular weight is 326 g/mol. The lowest BCUT2D eigenvalue weighted by Crippen LogP contribution is -2.25. The Hall–Kier alpha value is -0.900. The molecule has 3 rings (SSSR count). The van der Waals surface area contributed by atoms with E-state index in [0.29, 0.717) is 16.5 Å². The Bertz CT molecular complexity index is 706. The van der Waals surface area contributed by atoms with Gasteiger partial charge in [-0.3, -0.25) is 4.79 Å². The second-order valence-corrected chi connectivity index (χ2v) is 7.68. The summed E-state index contributed by atoms with van der Waals surface area (Å²) in [6.07, 6.45) is 1.43. The molecule has 2 nitrogen and oxygen atoms in total. The van der Waals surface area contributed by atoms with Crippen molar-refractivity contribution in [3.05, 3.63) is 38.8 Å². The van der Waals surface area contributed by atoms with Gasteiger partial charge in [-0.05, 0) is 24.0 Å². The van der Waals surface area contributed by atoms with Gasteiger partial charge in [-0.15, -0.1) is 11.3 Å². The summed E-state index contributed by atoms with van der Waals surface area (Å²) in [4.78, 5) is 17.6. The molecular formula is C15H13Cl2NOS. The third kappa shape index (κ3) is 2.50. The number of nitrogens with zero attached hydrogens (tertiary/aromatic N) is 1. The summed E-state index contributed by atoms with van der Waals surface area (Å²) in [5.74, 6) is 0.195. The molecule has 0 aliphatic heterocycles. The van der Waals surface area contributed by atoms with E-state index >= 15 is 0 Å². The van der Waals surface area contributed by atoms with E-state index in [1.54, 1.807) is 12.1 Å². The molecule has 0 fully saturated rings. The molecule has 0 N–H and O–H groups in total. The number of rotatable bonds is 1. The first-order chi connectivity index (χ1) is 9.35. The van der Waals surface area contributed by atoms with Crippen LogP contribution in [0.4, 0.5) is 0 Å². The van der Waals surface area contributed by atoms with Crippen LogP contribution in [0, 0.1) is 5.41 Å². The predicted octanol–water partition coefficient (Wildman–Crippen LogP) is 5.27. The monoisotopic (exact) mass is 325 g/mol. The highest BCUT2D eigenvalue weighted by Crippen LogP contribution is 2.40. The van der Waals surface area contributed by atoms with E-state index in [2.05, 4.69) is 18.8 Å². The van der Waals surface area contributed by atoms with E-state index in [1.807, 2.05) is 6.07 Å². The molecule has 0 spiro atoms. The van der Waals surface area contributed by atoms with Crippen LogP contribution in [0.1, 0.15) is 35.6 Å². The smallest absolute Gasteiger partial charge is 0.175 e. The van der Waals surface area contributed by atoms with Crippen molar-refractivity contribution in [3.8, 4) is 10.6 Å². The molecule has 0 bridgehead atoms. The van der Waals surface area contributed by atoms with E-state index in [9.17, 15) is 4.79 Å². The van der Waals surface area contributed by atoms with Crippen LogP contribution in [0.5, 0.6) is 0 Å². The summed E-state index contributed by atoms with van der Waals surface area (Å²) in [5, 5.41) is 1.86. The van der Waals surface area contributed by atoms with Gasteiger partial charge >= 0.3 is 0 Å². The Morgan fingerprint density at radius 3 is 2.65 bits per heavy atom. The van der Waals surface area contributed by atoms with Gasteiger partial charge in [-0.1, -0.05) is 43.1 Å². The van der Waals surface area contributed by atoms with Gasteiger partial charge in [0.15, 0.2) is 5.78 Å². The minimum absolute atomic E-state index is 0.00688. The first kappa shape index (κ1) is 14.1. The van der Waals surface area contributed by atoms with Crippen LogP contribution in [0.15, 0.2) is 18.2 Å². The topological polar surface area (TPSA) is 30.0 Å². The van der Waals surface area contributed by atoms with Gasteiger partial charge in [0.05, 0.1) is 20.6 Å². The molecule has 0 atom stereocenters. The third-order valence-electron chi connectivity index (χ3n) is 3.40. The summed E-state index contributed by atoms with van der Waals surface area (Å²) in [5.41, 5.74) is 1.81. The number of halogens is 2. The number of ketones is 1. The standard InChI is InChI=1S/C15H13Cl2NOS/c1-15(2)6-11-13(12(19)7-15)20-14(18-11)8-3-4-9(16)10(17)5-8/h3-5H,6-7H2,1-2H3. The fourth-order valence-electron chi connectivity index (χ4n) is 2.47. The van der Waals surface area contributed by atoms with Gasteiger partial charge in [0.1, 0.15) is 5.01 Å². The first-order valence-electron chi connectivity index (χ1n) is 6.34. The maximum atomic E-state index is 12.2. The molecule has 20 heavy (non-hydrogen) atoms. The molecule has 0 radical (unpaired) electrons. The van der Waals surface area contributed by atoms with Crippen molar-refractivity contribution in [2.45, 2.75) is 26.7 Å². The van der Waals surface area contributed by atoms with E-state index in [-0.39, 0.29) is 11.2 Å². The molecule has 2 aromatic rings. The van der Waals surface area contributed by atoms with Crippen LogP contribution < -0.4 is 0 Å². The SMILES string of the molecule is CC1(C)CC(=O)c2sc(-c3ccc(Cl)c(Cl)c3)nc2C1. The number of thiazole rings is 1. The molecule has 1 aliphatic rings. The summed E-state index contributed by atoms with van der Waals surface area (Å²) in [6.45, 7) is 4.21. The zero-order chi connectivity index (χ0) is 14.5. The van der Waals surface area contributed by atoms with Gasteiger partial charge < -0.3 is 0 Å². The summed E-state index contributed by atoms with van der Waals surface area (Å²) in [7, 11) is 0. The lowest BCUT2D eigenvalue weighted by atomic mass is 9.78. The quantitative estimate of drug-likeness (QED) is 0.714. The Balaban J connectivity index is 2.05. The Morgan fingerprint density at radius 2 is 1.95 bits per heavy atom. The van der Waals surface area contributed by atoms with Crippen molar-refractivity contribution < 1.29 is 4.79 Å². The van der Waals surface area contributed by atoms with E-state index in [0.717, 1.165) is 27.6 Å². The lowest BCUT2D eigenvalue weighted by molar-refractivity contribution is 0.0916. The minimum atomic E-state index is -0.00688. The number of carbonyl (C=O) groups is 1. The molecule has 104 valence electrons. The average Bonchev–Trinajstić information content (AvgIpc) is 2.75. The summed E-state index contributed by atoms with van der Waals surface area (Å²) in [6, 6.07) is 5.43. The Kier molecular flexibility index (Phi) is 3.39. The molecule has 0 saturated heterocycles. The normalized spacial score (nSPS) is 17.1. The largest absolute Gasteiger partial charge is 0.293 e. The Labute approximate surface area is 131 Å². The minimum Gasteiger partial charge on any atom is -0.293 e. The van der Waals surface area contributed by atoms with Crippen LogP contribution in [0.25, 0.3) is 10.6 Å². The third-order valence-corrected chi connectivity index (χ3v) is 5.33. The molecule has 1 aliphatic carbocycles. The second kappa shape index (κ2) is 4.83. The van der Waals surface area contributed by atoms with Crippen LogP contribution >= 0.6 is 34.5 Å². The van der Waals surface area contributed by atoms with E-state index < -0.39 is 0 Å². The van der Waals surface area contributed by atoms with Crippen LogP contribution in [-0.4, -0.2) is 10.8 Å². The van der Waals surface area contributed by atoms with E-state index in [1.165, 1.54) is 11.3 Å². The van der Waals surface area contributed by atoms with Crippen LogP contribution in [0.3, 0.4) is 0 Å². The van der Waals surface area contributed by atoms with Gasteiger partial charge in [0.25, 0.3) is 0 Å². The van der Waals surface area contributed by atoms with E-state index in [4.69, 9.17) is 23.2 Å². The van der Waals surface area contributed by atoms with Crippen LogP contribution in [-0.2, 0) is 6.42 Å². The number of hydrogen-bond acceptors (Lipinski definition) is 3. The maximum Gasteiger partial charge on any atom is 0.175 e. The Morgan fingerprint density at radius 1 is 1.20 bits per heavy atom. The summed E-state index contributed by atoms with van der Waals surface area (Å²) < 4.78 is 0. The molecule has 0 saturated carbocycles. The number of hydrogen-bond donors (Lipinski definition) is 0. The number of fused-ring (bicyclic) bond motifs is 1. The van der Waals surface area contributed by atoms with Crippen molar-refractivity contribution in [3.63, 3.8) is 0 Å². The van der Waals surface area contributed by atoms with Crippen molar-refractivity contribution in [2.75, 3.05) is 0 Å². The molecular weight excluding hydrogens is 313 g/mol.